The molecule has 1 amide bonds. The normalized spacial score (nSPS) is 18.9. The van der Waals surface area contributed by atoms with Gasteiger partial charge in [0, 0.05) is 17.2 Å². The van der Waals surface area contributed by atoms with Gasteiger partial charge in [-0.05, 0) is 80.0 Å². The van der Waals surface area contributed by atoms with Crippen LogP contribution in [-0.4, -0.2) is 41.4 Å². The van der Waals surface area contributed by atoms with Crippen molar-refractivity contribution in [1.82, 2.24) is 15.1 Å². The number of methoxy groups -OCH3 is 1. The molecule has 0 radical (unpaired) electrons. The minimum absolute atomic E-state index is 0.0721. The predicted octanol–water partition coefficient (Wildman–Crippen LogP) is 5.67. The zero-order valence-corrected chi connectivity index (χ0v) is 21.7. The first-order chi connectivity index (χ1) is 17.2. The highest BCUT2D eigenvalue weighted by Gasteiger charge is 2.32. The largest absolute Gasteiger partial charge is 0.497 e. The van der Waals surface area contributed by atoms with E-state index in [-0.39, 0.29) is 29.7 Å². The standard InChI is InChI=1S/C29H35N3O4/c1-6-36-28(34)25-16-26(21-8-7-9-24(15-21)35-5)32(31-25)23-12-10-20(11-13-23)27(33)30-22-14-19(2)17-29(3,4)18-22/h7-13,15-16,19,22H,6,14,17-18H2,1-5H3,(H,30,33). The highest BCUT2D eigenvalue weighted by molar-refractivity contribution is 5.94. The topological polar surface area (TPSA) is 82.5 Å². The molecule has 190 valence electrons. The molecule has 4 rings (SSSR count). The van der Waals surface area contributed by atoms with Crippen LogP contribution in [0.25, 0.3) is 16.9 Å². The van der Waals surface area contributed by atoms with Gasteiger partial charge in [-0.15, -0.1) is 0 Å². The number of benzene rings is 2. The summed E-state index contributed by atoms with van der Waals surface area (Å²) in [7, 11) is 1.61. The van der Waals surface area contributed by atoms with Crippen molar-refractivity contribution >= 4 is 11.9 Å². The SMILES string of the molecule is CCOC(=O)c1cc(-c2cccc(OC)c2)n(-c2ccc(C(=O)NC3CC(C)CC(C)(C)C3)cc2)n1. The monoisotopic (exact) mass is 489 g/mol. The summed E-state index contributed by atoms with van der Waals surface area (Å²) in [5.74, 6) is 0.730. The number of ether oxygens (including phenoxy) is 2. The van der Waals surface area contributed by atoms with Crippen molar-refractivity contribution < 1.29 is 19.1 Å². The molecule has 3 aromatic rings. The van der Waals surface area contributed by atoms with Crippen molar-refractivity contribution in [3.63, 3.8) is 0 Å². The Labute approximate surface area is 212 Å². The molecule has 0 aliphatic heterocycles. The molecule has 0 saturated heterocycles. The van der Waals surface area contributed by atoms with E-state index in [1.54, 1.807) is 36.9 Å². The van der Waals surface area contributed by atoms with Gasteiger partial charge in [-0.25, -0.2) is 9.48 Å². The molecule has 7 heteroatoms. The van der Waals surface area contributed by atoms with E-state index in [1.165, 1.54) is 6.42 Å². The summed E-state index contributed by atoms with van der Waals surface area (Å²) in [5.41, 5.74) is 3.32. The average molecular weight is 490 g/mol. The highest BCUT2D eigenvalue weighted by atomic mass is 16.5. The van der Waals surface area contributed by atoms with Crippen LogP contribution in [0.1, 0.15) is 67.8 Å². The minimum atomic E-state index is -0.485. The van der Waals surface area contributed by atoms with Crippen LogP contribution in [0, 0.1) is 11.3 Å². The Balaban J connectivity index is 1.60. The van der Waals surface area contributed by atoms with E-state index in [0.29, 0.717) is 22.9 Å². The molecule has 1 N–H and O–H groups in total. The predicted molar refractivity (Wildman–Crippen MR) is 140 cm³/mol. The van der Waals surface area contributed by atoms with Crippen molar-refractivity contribution in [3.05, 3.63) is 65.9 Å². The van der Waals surface area contributed by atoms with E-state index < -0.39 is 5.97 Å². The quantitative estimate of drug-likeness (QED) is 0.433. The van der Waals surface area contributed by atoms with Crippen LogP contribution in [0.15, 0.2) is 54.6 Å². The Bertz CT molecular complexity index is 1230. The highest BCUT2D eigenvalue weighted by Crippen LogP contribution is 2.38. The molecule has 1 aliphatic rings. The molecule has 1 aromatic heterocycles. The summed E-state index contributed by atoms with van der Waals surface area (Å²) >= 11 is 0. The molecule has 2 atom stereocenters. The lowest BCUT2D eigenvalue weighted by Crippen LogP contribution is -2.42. The fourth-order valence-electron chi connectivity index (χ4n) is 5.35. The van der Waals surface area contributed by atoms with Gasteiger partial charge in [0.1, 0.15) is 5.75 Å². The number of esters is 1. The van der Waals surface area contributed by atoms with Gasteiger partial charge in [0.15, 0.2) is 5.69 Å². The van der Waals surface area contributed by atoms with Crippen molar-refractivity contribution in [1.29, 1.82) is 0 Å². The maximum atomic E-state index is 13.0. The van der Waals surface area contributed by atoms with Crippen LogP contribution in [0.2, 0.25) is 0 Å². The smallest absolute Gasteiger partial charge is 0.358 e. The summed E-state index contributed by atoms with van der Waals surface area (Å²) in [6.07, 6.45) is 3.16. The maximum Gasteiger partial charge on any atom is 0.358 e. The summed E-state index contributed by atoms with van der Waals surface area (Å²) in [6.45, 7) is 8.82. The molecule has 1 heterocycles. The number of hydrogen-bond donors (Lipinski definition) is 1. The Morgan fingerprint density at radius 1 is 1.11 bits per heavy atom. The number of aromatic nitrogens is 2. The van der Waals surface area contributed by atoms with E-state index >= 15 is 0 Å². The molecule has 0 bridgehead atoms. The molecule has 1 aliphatic carbocycles. The van der Waals surface area contributed by atoms with Gasteiger partial charge in [-0.3, -0.25) is 4.79 Å². The molecule has 2 unspecified atom stereocenters. The third kappa shape index (κ3) is 5.78. The molecule has 0 spiro atoms. The lowest BCUT2D eigenvalue weighted by atomic mass is 9.70. The second-order valence-electron chi connectivity index (χ2n) is 10.4. The van der Waals surface area contributed by atoms with Crippen molar-refractivity contribution in [2.24, 2.45) is 11.3 Å². The summed E-state index contributed by atoms with van der Waals surface area (Å²) in [5, 5.41) is 7.75. The summed E-state index contributed by atoms with van der Waals surface area (Å²) in [6, 6.07) is 16.7. The van der Waals surface area contributed by atoms with Crippen LogP contribution >= 0.6 is 0 Å². The van der Waals surface area contributed by atoms with E-state index in [0.717, 1.165) is 24.1 Å². The number of carbonyl (C=O) groups excluding carboxylic acids is 2. The zero-order chi connectivity index (χ0) is 25.9. The van der Waals surface area contributed by atoms with Crippen LogP contribution in [-0.2, 0) is 4.74 Å². The number of hydrogen-bond acceptors (Lipinski definition) is 5. The third-order valence-corrected chi connectivity index (χ3v) is 6.66. The van der Waals surface area contributed by atoms with Crippen LogP contribution in [0.3, 0.4) is 0 Å². The first-order valence-corrected chi connectivity index (χ1v) is 12.5. The maximum absolute atomic E-state index is 13.0. The van der Waals surface area contributed by atoms with Crippen molar-refractivity contribution in [2.75, 3.05) is 13.7 Å². The van der Waals surface area contributed by atoms with Gasteiger partial charge in [-0.1, -0.05) is 32.9 Å². The fraction of sp³-hybridized carbons (Fsp3) is 0.414. The zero-order valence-electron chi connectivity index (χ0n) is 21.7. The number of carbonyl (C=O) groups is 2. The first-order valence-electron chi connectivity index (χ1n) is 12.5. The molecular formula is C29H35N3O4. The van der Waals surface area contributed by atoms with E-state index in [4.69, 9.17) is 9.47 Å². The lowest BCUT2D eigenvalue weighted by Gasteiger charge is -2.39. The van der Waals surface area contributed by atoms with Gasteiger partial charge in [0.2, 0.25) is 0 Å². The lowest BCUT2D eigenvalue weighted by molar-refractivity contribution is 0.0518. The minimum Gasteiger partial charge on any atom is -0.497 e. The first kappa shape index (κ1) is 25.5. The van der Waals surface area contributed by atoms with E-state index in [9.17, 15) is 9.59 Å². The van der Waals surface area contributed by atoms with Crippen molar-refractivity contribution in [2.45, 2.75) is 53.0 Å². The Morgan fingerprint density at radius 3 is 2.53 bits per heavy atom. The molecular weight excluding hydrogens is 454 g/mol. The van der Waals surface area contributed by atoms with E-state index in [1.807, 2.05) is 36.4 Å². The molecule has 1 saturated carbocycles. The molecule has 7 nitrogen and oxygen atoms in total. The van der Waals surface area contributed by atoms with Crippen LogP contribution in [0.5, 0.6) is 5.75 Å². The second kappa shape index (κ2) is 10.6. The van der Waals surface area contributed by atoms with Gasteiger partial charge < -0.3 is 14.8 Å². The van der Waals surface area contributed by atoms with Gasteiger partial charge >= 0.3 is 5.97 Å². The Morgan fingerprint density at radius 2 is 1.86 bits per heavy atom. The van der Waals surface area contributed by atoms with Gasteiger partial charge in [-0.2, -0.15) is 5.10 Å². The molecule has 1 fully saturated rings. The van der Waals surface area contributed by atoms with Crippen LogP contribution < -0.4 is 10.1 Å². The molecule has 36 heavy (non-hydrogen) atoms. The Hall–Kier alpha value is -3.61. The molecule has 2 aromatic carbocycles. The number of rotatable bonds is 7. The average Bonchev–Trinajstić information content (AvgIpc) is 3.29. The third-order valence-electron chi connectivity index (χ3n) is 6.66. The second-order valence-corrected chi connectivity index (χ2v) is 10.4. The van der Waals surface area contributed by atoms with Gasteiger partial charge in [0.05, 0.1) is 25.1 Å². The van der Waals surface area contributed by atoms with Gasteiger partial charge in [0.25, 0.3) is 5.91 Å². The van der Waals surface area contributed by atoms with Crippen LogP contribution in [0.4, 0.5) is 0 Å². The van der Waals surface area contributed by atoms with E-state index in [2.05, 4.69) is 31.2 Å². The fourth-order valence-corrected chi connectivity index (χ4v) is 5.35. The number of amides is 1. The Kier molecular flexibility index (Phi) is 7.48. The van der Waals surface area contributed by atoms with Crippen molar-refractivity contribution in [3.8, 4) is 22.7 Å². The summed E-state index contributed by atoms with van der Waals surface area (Å²) in [4.78, 5) is 25.4. The number of nitrogens with one attached hydrogen (secondary N) is 1. The number of nitrogens with zero attached hydrogens (tertiary/aromatic N) is 2. The summed E-state index contributed by atoms with van der Waals surface area (Å²) < 4.78 is 12.2.